The number of halogens is 1. The summed E-state index contributed by atoms with van der Waals surface area (Å²) in [5, 5.41) is 3.32. The minimum atomic E-state index is -0.598. The lowest BCUT2D eigenvalue weighted by molar-refractivity contribution is -0.150. The maximum Gasteiger partial charge on any atom is 0.344 e. The van der Waals surface area contributed by atoms with Gasteiger partial charge in [-0.2, -0.15) is 0 Å². The fourth-order valence-electron chi connectivity index (χ4n) is 2.32. The van der Waals surface area contributed by atoms with Crippen LogP contribution in [-0.2, 0) is 20.7 Å². The Kier molecular flexibility index (Phi) is 7.96. The van der Waals surface area contributed by atoms with Crippen LogP contribution in [0.3, 0.4) is 0 Å². The SMILES string of the molecule is Cc1cc(Cl)ccc1OCC(=O)OCC(=O)NCCCc1ccccc1. The van der Waals surface area contributed by atoms with Crippen molar-refractivity contribution in [2.45, 2.75) is 19.8 Å². The van der Waals surface area contributed by atoms with Crippen molar-refractivity contribution in [3.63, 3.8) is 0 Å². The third-order valence-electron chi connectivity index (χ3n) is 3.65. The Balaban J connectivity index is 1.58. The van der Waals surface area contributed by atoms with Gasteiger partial charge in [-0.15, -0.1) is 0 Å². The number of amides is 1. The standard InChI is InChI=1S/C20H22ClNO4/c1-15-12-17(21)9-10-18(15)25-14-20(24)26-13-19(23)22-11-5-8-16-6-3-2-4-7-16/h2-4,6-7,9-10,12H,5,8,11,13-14H2,1H3,(H,22,23). The minimum Gasteiger partial charge on any atom is -0.482 e. The highest BCUT2D eigenvalue weighted by Gasteiger charge is 2.09. The molecule has 0 aromatic heterocycles. The van der Waals surface area contributed by atoms with Crippen LogP contribution in [-0.4, -0.2) is 31.6 Å². The smallest absolute Gasteiger partial charge is 0.344 e. The van der Waals surface area contributed by atoms with Crippen LogP contribution < -0.4 is 10.1 Å². The Morgan fingerprint density at radius 2 is 1.85 bits per heavy atom. The summed E-state index contributed by atoms with van der Waals surface area (Å²) in [7, 11) is 0. The topological polar surface area (TPSA) is 64.6 Å². The van der Waals surface area contributed by atoms with E-state index in [1.807, 2.05) is 37.3 Å². The Morgan fingerprint density at radius 3 is 2.58 bits per heavy atom. The lowest BCUT2D eigenvalue weighted by Crippen LogP contribution is -2.30. The van der Waals surface area contributed by atoms with E-state index in [0.717, 1.165) is 18.4 Å². The molecule has 0 unspecified atom stereocenters. The summed E-state index contributed by atoms with van der Waals surface area (Å²) in [6.07, 6.45) is 1.71. The summed E-state index contributed by atoms with van der Waals surface area (Å²) in [5.41, 5.74) is 2.05. The van der Waals surface area contributed by atoms with Gasteiger partial charge in [0.25, 0.3) is 5.91 Å². The van der Waals surface area contributed by atoms with Gasteiger partial charge in [0.2, 0.25) is 0 Å². The van der Waals surface area contributed by atoms with Crippen molar-refractivity contribution < 1.29 is 19.1 Å². The van der Waals surface area contributed by atoms with Crippen LogP contribution in [0.15, 0.2) is 48.5 Å². The highest BCUT2D eigenvalue weighted by molar-refractivity contribution is 6.30. The molecular weight excluding hydrogens is 354 g/mol. The molecule has 0 spiro atoms. The number of benzene rings is 2. The van der Waals surface area contributed by atoms with Gasteiger partial charge in [0.1, 0.15) is 5.75 Å². The van der Waals surface area contributed by atoms with Crippen molar-refractivity contribution >= 4 is 23.5 Å². The number of aryl methyl sites for hydroxylation is 2. The first-order valence-corrected chi connectivity index (χ1v) is 8.77. The van der Waals surface area contributed by atoms with E-state index in [1.54, 1.807) is 18.2 Å². The molecule has 2 aromatic rings. The van der Waals surface area contributed by atoms with Gasteiger partial charge in [-0.05, 0) is 49.1 Å². The number of esters is 1. The zero-order valence-corrected chi connectivity index (χ0v) is 15.4. The number of carbonyl (C=O) groups excluding carboxylic acids is 2. The number of hydrogen-bond donors (Lipinski definition) is 1. The number of hydrogen-bond acceptors (Lipinski definition) is 4. The molecule has 0 saturated heterocycles. The van der Waals surface area contributed by atoms with Crippen molar-refractivity contribution in [3.8, 4) is 5.75 Å². The molecule has 0 bridgehead atoms. The van der Waals surface area contributed by atoms with E-state index in [4.69, 9.17) is 21.1 Å². The predicted molar refractivity (Wildman–Crippen MR) is 100 cm³/mol. The van der Waals surface area contributed by atoms with Crippen LogP contribution in [0.4, 0.5) is 0 Å². The second-order valence-corrected chi connectivity index (χ2v) is 6.23. The molecule has 0 aliphatic heterocycles. The minimum absolute atomic E-state index is 0.260. The fourth-order valence-corrected chi connectivity index (χ4v) is 2.54. The summed E-state index contributed by atoms with van der Waals surface area (Å²) in [4.78, 5) is 23.3. The summed E-state index contributed by atoms with van der Waals surface area (Å²) in [6.45, 7) is 1.79. The van der Waals surface area contributed by atoms with E-state index in [-0.39, 0.29) is 19.1 Å². The van der Waals surface area contributed by atoms with Gasteiger partial charge in [0.15, 0.2) is 13.2 Å². The maximum absolute atomic E-state index is 11.7. The number of ether oxygens (including phenoxy) is 2. The molecule has 0 aliphatic rings. The van der Waals surface area contributed by atoms with Crippen molar-refractivity contribution in [2.75, 3.05) is 19.8 Å². The summed E-state index contributed by atoms with van der Waals surface area (Å²) in [5.74, 6) is -0.371. The van der Waals surface area contributed by atoms with E-state index < -0.39 is 5.97 Å². The summed E-state index contributed by atoms with van der Waals surface area (Å²) >= 11 is 5.86. The molecule has 0 radical (unpaired) electrons. The van der Waals surface area contributed by atoms with E-state index in [9.17, 15) is 9.59 Å². The van der Waals surface area contributed by atoms with Crippen molar-refractivity contribution in [1.29, 1.82) is 0 Å². The molecule has 26 heavy (non-hydrogen) atoms. The zero-order valence-electron chi connectivity index (χ0n) is 14.7. The van der Waals surface area contributed by atoms with E-state index in [0.29, 0.717) is 17.3 Å². The average Bonchev–Trinajstić information content (AvgIpc) is 2.63. The second kappa shape index (κ2) is 10.5. The van der Waals surface area contributed by atoms with Gasteiger partial charge in [0.05, 0.1) is 0 Å². The molecule has 0 atom stereocenters. The van der Waals surface area contributed by atoms with Crippen LogP contribution >= 0.6 is 11.6 Å². The van der Waals surface area contributed by atoms with Crippen LogP contribution in [0.1, 0.15) is 17.5 Å². The third-order valence-corrected chi connectivity index (χ3v) is 3.89. The average molecular weight is 376 g/mol. The molecule has 6 heteroatoms. The summed E-state index contributed by atoms with van der Waals surface area (Å²) in [6, 6.07) is 15.1. The fraction of sp³-hybridized carbons (Fsp3) is 0.300. The van der Waals surface area contributed by atoms with Gasteiger partial charge >= 0.3 is 5.97 Å². The van der Waals surface area contributed by atoms with Gasteiger partial charge < -0.3 is 14.8 Å². The molecule has 1 amide bonds. The van der Waals surface area contributed by atoms with Crippen molar-refractivity contribution in [3.05, 3.63) is 64.7 Å². The highest BCUT2D eigenvalue weighted by atomic mass is 35.5. The Labute approximate surface area is 158 Å². The predicted octanol–water partition coefficient (Wildman–Crippen LogP) is 3.32. The lowest BCUT2D eigenvalue weighted by atomic mass is 10.1. The van der Waals surface area contributed by atoms with E-state index in [1.165, 1.54) is 5.56 Å². The van der Waals surface area contributed by atoms with E-state index in [2.05, 4.69) is 5.32 Å². The molecule has 0 saturated carbocycles. The zero-order chi connectivity index (χ0) is 18.8. The number of carbonyl (C=O) groups is 2. The molecule has 5 nitrogen and oxygen atoms in total. The van der Waals surface area contributed by atoms with Crippen LogP contribution in [0, 0.1) is 6.92 Å². The van der Waals surface area contributed by atoms with Crippen LogP contribution in [0.25, 0.3) is 0 Å². The van der Waals surface area contributed by atoms with Crippen LogP contribution in [0.5, 0.6) is 5.75 Å². The van der Waals surface area contributed by atoms with Gasteiger partial charge in [0, 0.05) is 11.6 Å². The summed E-state index contributed by atoms with van der Waals surface area (Å²) < 4.78 is 10.3. The Bertz CT molecular complexity index is 734. The molecular formula is C20H22ClNO4. The first kappa shape index (κ1) is 19.8. The van der Waals surface area contributed by atoms with Gasteiger partial charge in [-0.3, -0.25) is 4.79 Å². The van der Waals surface area contributed by atoms with Crippen LogP contribution in [0.2, 0.25) is 5.02 Å². The lowest BCUT2D eigenvalue weighted by Gasteiger charge is -2.09. The van der Waals surface area contributed by atoms with Crippen molar-refractivity contribution in [1.82, 2.24) is 5.32 Å². The molecule has 0 aliphatic carbocycles. The van der Waals surface area contributed by atoms with Gasteiger partial charge in [-0.1, -0.05) is 41.9 Å². The Morgan fingerprint density at radius 1 is 1.08 bits per heavy atom. The number of nitrogens with one attached hydrogen (secondary N) is 1. The van der Waals surface area contributed by atoms with Gasteiger partial charge in [-0.25, -0.2) is 4.79 Å². The molecule has 1 N–H and O–H groups in total. The molecule has 0 fully saturated rings. The largest absolute Gasteiger partial charge is 0.482 e. The maximum atomic E-state index is 11.7. The highest BCUT2D eigenvalue weighted by Crippen LogP contribution is 2.21. The second-order valence-electron chi connectivity index (χ2n) is 5.80. The molecule has 138 valence electrons. The number of rotatable bonds is 9. The first-order chi connectivity index (χ1) is 12.5. The third kappa shape index (κ3) is 7.15. The molecule has 2 rings (SSSR count). The Hall–Kier alpha value is -2.53. The quantitative estimate of drug-likeness (QED) is 0.539. The van der Waals surface area contributed by atoms with Crippen molar-refractivity contribution in [2.24, 2.45) is 0 Å². The molecule has 2 aromatic carbocycles. The first-order valence-electron chi connectivity index (χ1n) is 8.40. The molecule has 0 heterocycles. The monoisotopic (exact) mass is 375 g/mol. The van der Waals surface area contributed by atoms with E-state index >= 15 is 0 Å². The normalized spacial score (nSPS) is 10.2.